The van der Waals surface area contributed by atoms with Crippen LogP contribution in [-0.4, -0.2) is 41.6 Å². The van der Waals surface area contributed by atoms with E-state index in [1.807, 2.05) is 32.1 Å². The molecule has 0 bridgehead atoms. The van der Waals surface area contributed by atoms with E-state index in [1.54, 1.807) is 24.5 Å². The highest BCUT2D eigenvalue weighted by atomic mass is 16.1. The molecule has 170 valence electrons. The molecule has 0 atom stereocenters. The molecular formula is C26H35N5O. The molecule has 6 heteroatoms. The molecule has 0 aliphatic carbocycles. The normalized spacial score (nSPS) is 17.0. The molecule has 0 unspecified atom stereocenters. The third kappa shape index (κ3) is 8.12. The molecule has 0 aromatic carbocycles. The Morgan fingerprint density at radius 3 is 2.59 bits per heavy atom. The smallest absolute Gasteiger partial charge is 0.248 e. The maximum Gasteiger partial charge on any atom is 0.248 e. The summed E-state index contributed by atoms with van der Waals surface area (Å²) in [6.45, 7) is 7.11. The van der Waals surface area contributed by atoms with Gasteiger partial charge in [0.1, 0.15) is 0 Å². The van der Waals surface area contributed by atoms with Crippen molar-refractivity contribution in [3.63, 3.8) is 0 Å². The molecule has 1 saturated heterocycles. The Hall–Kier alpha value is -3.25. The molecule has 1 fully saturated rings. The number of allylic oxidation sites excluding steroid dienone is 4. The van der Waals surface area contributed by atoms with Crippen LogP contribution in [0.15, 0.2) is 66.3 Å². The summed E-state index contributed by atoms with van der Waals surface area (Å²) in [5, 5.41) is 10.5. The number of rotatable bonds is 9. The van der Waals surface area contributed by atoms with Gasteiger partial charge in [-0.3, -0.25) is 14.7 Å². The fourth-order valence-corrected chi connectivity index (χ4v) is 3.65. The van der Waals surface area contributed by atoms with Crippen LogP contribution in [0, 0.1) is 5.41 Å². The van der Waals surface area contributed by atoms with E-state index in [1.165, 1.54) is 49.7 Å². The standard InChI is InChI=1S/C26H35N5O/c1-3-9-24(16-21(4-2)20-31-14-7-5-6-8-15-31)30-26(32)11-10-22-19-29-13-12-25(22)23(17-27)18-28/h3-4,9-13,16-19,27H,5-8,14-15,20,28H2,1-2H3,(H,30,32)/b9-3-,11-10+,21-4+,23-18+,24-16+,27-17?. The van der Waals surface area contributed by atoms with Crippen LogP contribution < -0.4 is 11.1 Å². The summed E-state index contributed by atoms with van der Waals surface area (Å²) in [5.41, 5.74) is 9.58. The maximum absolute atomic E-state index is 12.6. The van der Waals surface area contributed by atoms with Gasteiger partial charge in [0.05, 0.1) is 0 Å². The van der Waals surface area contributed by atoms with E-state index in [2.05, 4.69) is 21.3 Å². The van der Waals surface area contributed by atoms with Crippen LogP contribution in [0.1, 0.15) is 50.7 Å². The molecule has 32 heavy (non-hydrogen) atoms. The molecule has 2 heterocycles. The second-order valence-electron chi connectivity index (χ2n) is 7.71. The first-order valence-corrected chi connectivity index (χ1v) is 11.2. The molecule has 0 radical (unpaired) electrons. The SMILES string of the molecule is C\C=C/C(=C\C(=C/C)CN1CCCCCC1)NC(=O)/C=C/c1cnccc1/C(C=N)=C/N. The van der Waals surface area contributed by atoms with Crippen molar-refractivity contribution < 1.29 is 4.79 Å². The van der Waals surface area contributed by atoms with Crippen LogP contribution in [0.4, 0.5) is 0 Å². The summed E-state index contributed by atoms with van der Waals surface area (Å²) in [5.74, 6) is -0.234. The molecule has 2 rings (SSSR count). The lowest BCUT2D eigenvalue weighted by molar-refractivity contribution is -0.115. The minimum absolute atomic E-state index is 0.234. The van der Waals surface area contributed by atoms with Crippen molar-refractivity contribution in [2.24, 2.45) is 5.73 Å². The molecule has 0 spiro atoms. The molecule has 1 amide bonds. The number of nitrogens with zero attached hydrogens (tertiary/aromatic N) is 2. The van der Waals surface area contributed by atoms with Gasteiger partial charge in [0.15, 0.2) is 0 Å². The quantitative estimate of drug-likeness (QED) is 0.305. The van der Waals surface area contributed by atoms with Crippen molar-refractivity contribution in [1.29, 1.82) is 5.41 Å². The van der Waals surface area contributed by atoms with Gasteiger partial charge in [-0.05, 0) is 75.2 Å². The number of hydrogen-bond donors (Lipinski definition) is 3. The van der Waals surface area contributed by atoms with Crippen LogP contribution in [0.2, 0.25) is 0 Å². The number of aromatic nitrogens is 1. The van der Waals surface area contributed by atoms with Crippen LogP contribution >= 0.6 is 0 Å². The van der Waals surface area contributed by atoms with Gasteiger partial charge in [-0.2, -0.15) is 0 Å². The molecule has 1 aliphatic heterocycles. The third-order valence-corrected chi connectivity index (χ3v) is 5.34. The number of nitrogens with two attached hydrogens (primary N) is 1. The first-order valence-electron chi connectivity index (χ1n) is 11.2. The second-order valence-corrected chi connectivity index (χ2v) is 7.71. The van der Waals surface area contributed by atoms with E-state index < -0.39 is 0 Å². The summed E-state index contributed by atoms with van der Waals surface area (Å²) in [4.78, 5) is 19.2. The molecule has 4 N–H and O–H groups in total. The Morgan fingerprint density at radius 2 is 1.97 bits per heavy atom. The minimum Gasteiger partial charge on any atom is -0.404 e. The summed E-state index contributed by atoms with van der Waals surface area (Å²) in [7, 11) is 0. The van der Waals surface area contributed by atoms with E-state index in [4.69, 9.17) is 11.1 Å². The summed E-state index contributed by atoms with van der Waals surface area (Å²) in [6, 6.07) is 1.77. The van der Waals surface area contributed by atoms with Gasteiger partial charge in [0, 0.05) is 54.3 Å². The van der Waals surface area contributed by atoms with Gasteiger partial charge in [-0.25, -0.2) is 0 Å². The summed E-state index contributed by atoms with van der Waals surface area (Å²) >= 11 is 0. The predicted octanol–water partition coefficient (Wildman–Crippen LogP) is 4.44. The highest BCUT2D eigenvalue weighted by molar-refractivity contribution is 6.09. The van der Waals surface area contributed by atoms with Crippen molar-refractivity contribution >= 4 is 23.8 Å². The van der Waals surface area contributed by atoms with Gasteiger partial charge in [0.2, 0.25) is 5.91 Å². The minimum atomic E-state index is -0.234. The van der Waals surface area contributed by atoms with E-state index in [9.17, 15) is 4.79 Å². The first kappa shape index (κ1) is 25.0. The maximum atomic E-state index is 12.6. The van der Waals surface area contributed by atoms with Gasteiger partial charge >= 0.3 is 0 Å². The molecule has 1 aromatic heterocycles. The molecule has 1 aromatic rings. The highest BCUT2D eigenvalue weighted by Crippen LogP contribution is 2.17. The number of nitrogens with one attached hydrogen (secondary N) is 2. The average molecular weight is 434 g/mol. The van der Waals surface area contributed by atoms with Gasteiger partial charge < -0.3 is 16.5 Å². The first-order chi connectivity index (χ1) is 15.6. The Kier molecular flexibility index (Phi) is 10.9. The summed E-state index contributed by atoms with van der Waals surface area (Å²) in [6.07, 6.45) is 22.1. The fraction of sp³-hybridized carbons (Fsp3) is 0.346. The zero-order chi connectivity index (χ0) is 23.2. The molecule has 1 aliphatic rings. The van der Waals surface area contributed by atoms with E-state index in [-0.39, 0.29) is 5.91 Å². The van der Waals surface area contributed by atoms with E-state index in [0.717, 1.165) is 36.5 Å². The van der Waals surface area contributed by atoms with Gasteiger partial charge in [0.25, 0.3) is 0 Å². The van der Waals surface area contributed by atoms with Crippen LogP contribution in [-0.2, 0) is 4.79 Å². The molecule has 0 saturated carbocycles. The van der Waals surface area contributed by atoms with Gasteiger partial charge in [-0.1, -0.05) is 25.0 Å². The van der Waals surface area contributed by atoms with E-state index >= 15 is 0 Å². The fourth-order valence-electron chi connectivity index (χ4n) is 3.65. The Balaban J connectivity index is 2.12. The number of amides is 1. The predicted molar refractivity (Wildman–Crippen MR) is 134 cm³/mol. The highest BCUT2D eigenvalue weighted by Gasteiger charge is 2.10. The monoisotopic (exact) mass is 433 g/mol. The largest absolute Gasteiger partial charge is 0.404 e. The lowest BCUT2D eigenvalue weighted by Crippen LogP contribution is -2.27. The zero-order valence-corrected chi connectivity index (χ0v) is 19.2. The Morgan fingerprint density at radius 1 is 1.22 bits per heavy atom. The number of carbonyl (C=O) groups is 1. The zero-order valence-electron chi connectivity index (χ0n) is 19.2. The third-order valence-electron chi connectivity index (χ3n) is 5.34. The Labute approximate surface area is 191 Å². The Bertz CT molecular complexity index is 916. The topological polar surface area (TPSA) is 95.1 Å². The van der Waals surface area contributed by atoms with Crippen molar-refractivity contribution in [1.82, 2.24) is 15.2 Å². The second kappa shape index (κ2) is 13.9. The van der Waals surface area contributed by atoms with Gasteiger partial charge in [-0.15, -0.1) is 0 Å². The van der Waals surface area contributed by atoms with Crippen LogP contribution in [0.5, 0.6) is 0 Å². The molecule has 6 nitrogen and oxygen atoms in total. The number of pyridine rings is 1. The van der Waals surface area contributed by atoms with Crippen LogP contribution in [0.3, 0.4) is 0 Å². The van der Waals surface area contributed by atoms with Crippen molar-refractivity contribution in [2.75, 3.05) is 19.6 Å². The lowest BCUT2D eigenvalue weighted by atomic mass is 10.0. The van der Waals surface area contributed by atoms with Crippen molar-refractivity contribution in [2.45, 2.75) is 39.5 Å². The summed E-state index contributed by atoms with van der Waals surface area (Å²) < 4.78 is 0. The lowest BCUT2D eigenvalue weighted by Gasteiger charge is -2.20. The molecular weight excluding hydrogens is 398 g/mol. The van der Waals surface area contributed by atoms with Crippen LogP contribution in [0.25, 0.3) is 11.6 Å². The van der Waals surface area contributed by atoms with Crippen molar-refractivity contribution in [3.8, 4) is 0 Å². The number of carbonyl (C=O) groups excluding carboxylic acids is 1. The average Bonchev–Trinajstić information content (AvgIpc) is 3.07. The number of hydrogen-bond acceptors (Lipinski definition) is 5. The van der Waals surface area contributed by atoms with Crippen molar-refractivity contribution in [3.05, 3.63) is 77.4 Å². The van der Waals surface area contributed by atoms with E-state index in [0.29, 0.717) is 5.57 Å². The number of likely N-dealkylation sites (tertiary alicyclic amines) is 1.